The second-order valence-corrected chi connectivity index (χ2v) is 5.41. The number of ether oxygens (including phenoxy) is 2. The number of aryl methyl sites for hydroxylation is 1. The maximum atomic E-state index is 9.24. The van der Waals surface area contributed by atoms with Crippen molar-refractivity contribution < 1.29 is 33.7 Å². The van der Waals surface area contributed by atoms with Crippen molar-refractivity contribution in [2.45, 2.75) is 26.9 Å². The van der Waals surface area contributed by atoms with Crippen LogP contribution in [0.15, 0.2) is 41.0 Å². The molecule has 1 aliphatic carbocycles. The van der Waals surface area contributed by atoms with Gasteiger partial charge in [0.15, 0.2) is 6.10 Å². The van der Waals surface area contributed by atoms with Gasteiger partial charge in [-0.15, -0.1) is 25.0 Å². The Bertz CT molecular complexity index is 668. The number of benzene rings is 1. The van der Waals surface area contributed by atoms with Gasteiger partial charge in [-0.3, -0.25) is 0 Å². The number of hydrogen-bond donors (Lipinski definition) is 1. The van der Waals surface area contributed by atoms with E-state index in [2.05, 4.69) is 17.4 Å². The Morgan fingerprint density at radius 1 is 1.17 bits per heavy atom. The predicted molar refractivity (Wildman–Crippen MR) is 98.1 cm³/mol. The van der Waals surface area contributed by atoms with Crippen LogP contribution in [0.25, 0.3) is 11.1 Å². The van der Waals surface area contributed by atoms with Crippen molar-refractivity contribution in [1.82, 2.24) is 0 Å². The maximum Gasteiger partial charge on any atom is 0.329 e. The molecule has 1 unspecified atom stereocenters. The molecule has 1 aliphatic rings. The third-order valence-corrected chi connectivity index (χ3v) is 3.85. The van der Waals surface area contributed by atoms with Crippen LogP contribution < -0.4 is 0 Å². The van der Waals surface area contributed by atoms with Crippen molar-refractivity contribution in [2.75, 3.05) is 13.2 Å². The van der Waals surface area contributed by atoms with Gasteiger partial charge in [-0.2, -0.15) is 4.79 Å². The van der Waals surface area contributed by atoms with Crippen molar-refractivity contribution in [3.8, 4) is 0 Å². The molecule has 0 aromatic heterocycles. The summed E-state index contributed by atoms with van der Waals surface area (Å²) in [6, 6.07) is 8.13. The minimum absolute atomic E-state index is 0. The Balaban J connectivity index is 0.00000264. The molecule has 0 N–H and O–H groups in total. The largest absolute Gasteiger partial charge is 0.493 e. The fourth-order valence-electron chi connectivity index (χ4n) is 2.37. The molecule has 0 spiro atoms. The second-order valence-electron chi connectivity index (χ2n) is 4.93. The average Bonchev–Trinajstić information content (AvgIpc) is 2.51. The molecule has 0 fully saturated rings. The van der Waals surface area contributed by atoms with Crippen LogP contribution in [-0.2, 0) is 29.0 Å². The van der Waals surface area contributed by atoms with Gasteiger partial charge in [0.1, 0.15) is 5.76 Å². The summed E-state index contributed by atoms with van der Waals surface area (Å²) in [5.74, 6) is 0.639. The standard InChI is InChI=1S/C17H20N2O2S.ClH.Zn/c1-4-20-14-10-13(19-18)16(21-5-2)17(22)15(14)12-8-6-11(3)7-9-12;;/h6-10,16,22H,4-5H2,1-3H3;1H;. The quantitative estimate of drug-likeness (QED) is 0.339. The van der Waals surface area contributed by atoms with E-state index in [0.717, 1.165) is 11.1 Å². The summed E-state index contributed by atoms with van der Waals surface area (Å²) in [4.78, 5) is 4.01. The van der Waals surface area contributed by atoms with Gasteiger partial charge in [0.05, 0.1) is 12.7 Å². The monoisotopic (exact) mass is 416 g/mol. The van der Waals surface area contributed by atoms with Crippen molar-refractivity contribution in [1.29, 1.82) is 0 Å². The van der Waals surface area contributed by atoms with Crippen LogP contribution in [0.4, 0.5) is 0 Å². The van der Waals surface area contributed by atoms with Crippen molar-refractivity contribution in [2.24, 2.45) is 0 Å². The minimum atomic E-state index is -0.487. The first-order valence-corrected chi connectivity index (χ1v) is 7.75. The van der Waals surface area contributed by atoms with Crippen molar-refractivity contribution >= 4 is 36.3 Å². The third-order valence-electron chi connectivity index (χ3n) is 3.39. The van der Waals surface area contributed by atoms with Gasteiger partial charge in [0.25, 0.3) is 0 Å². The Hall–Kier alpha value is -0.897. The van der Waals surface area contributed by atoms with Gasteiger partial charge in [0, 0.05) is 36.6 Å². The van der Waals surface area contributed by atoms with Crippen LogP contribution in [0.5, 0.6) is 0 Å². The fraction of sp³-hybridized carbons (Fsp3) is 0.353. The van der Waals surface area contributed by atoms with Gasteiger partial charge in [-0.1, -0.05) is 29.8 Å². The number of thiol groups is 1. The van der Waals surface area contributed by atoms with E-state index < -0.39 is 6.10 Å². The van der Waals surface area contributed by atoms with Crippen LogP contribution in [0.1, 0.15) is 25.0 Å². The van der Waals surface area contributed by atoms with Crippen LogP contribution in [0.3, 0.4) is 0 Å². The van der Waals surface area contributed by atoms with Gasteiger partial charge >= 0.3 is 5.71 Å². The minimum Gasteiger partial charge on any atom is -0.493 e. The molecule has 0 saturated carbocycles. The fourth-order valence-corrected chi connectivity index (χ4v) is 2.82. The number of halogens is 1. The smallest absolute Gasteiger partial charge is 0.329 e. The van der Waals surface area contributed by atoms with Crippen LogP contribution >= 0.6 is 25.0 Å². The number of nitrogens with zero attached hydrogens (tertiary/aromatic N) is 2. The Labute approximate surface area is 167 Å². The number of hydrogen-bond acceptors (Lipinski definition) is 3. The molecule has 0 heterocycles. The Morgan fingerprint density at radius 2 is 1.79 bits per heavy atom. The first-order valence-electron chi connectivity index (χ1n) is 7.30. The zero-order valence-corrected chi connectivity index (χ0v) is 18.8. The average molecular weight is 418 g/mol. The third kappa shape index (κ3) is 5.05. The molecule has 126 valence electrons. The molecule has 24 heavy (non-hydrogen) atoms. The zero-order chi connectivity index (χ0) is 16.1. The molecule has 0 bridgehead atoms. The Kier molecular flexibility index (Phi) is 10.5. The van der Waals surface area contributed by atoms with Crippen LogP contribution in [0.2, 0.25) is 0 Å². The molecule has 1 aromatic carbocycles. The summed E-state index contributed by atoms with van der Waals surface area (Å²) in [5.41, 5.74) is 12.7. The van der Waals surface area contributed by atoms with Gasteiger partial charge < -0.3 is 15.0 Å². The van der Waals surface area contributed by atoms with Gasteiger partial charge in [0.2, 0.25) is 0 Å². The molecular weight excluding hydrogens is 397 g/mol. The van der Waals surface area contributed by atoms with Crippen molar-refractivity contribution in [3.05, 3.63) is 57.7 Å². The van der Waals surface area contributed by atoms with Crippen molar-refractivity contribution in [3.63, 3.8) is 0 Å². The van der Waals surface area contributed by atoms with E-state index in [4.69, 9.17) is 9.47 Å². The molecule has 1 aromatic rings. The summed E-state index contributed by atoms with van der Waals surface area (Å²) in [5, 5.41) is 0. The number of rotatable bonds is 5. The van der Waals surface area contributed by atoms with Crippen LogP contribution in [0, 0.1) is 6.92 Å². The predicted octanol–water partition coefficient (Wildman–Crippen LogP) is 4.07. The Morgan fingerprint density at radius 3 is 2.29 bits per heavy atom. The van der Waals surface area contributed by atoms with Crippen LogP contribution in [-0.4, -0.2) is 29.8 Å². The molecular formula is C17H21ClN2O2SZn. The first kappa shape index (κ1) is 23.1. The number of allylic oxidation sites excluding steroid dienone is 1. The summed E-state index contributed by atoms with van der Waals surface area (Å²) < 4.78 is 11.4. The molecule has 0 saturated heterocycles. The van der Waals surface area contributed by atoms with E-state index in [0.29, 0.717) is 29.6 Å². The van der Waals surface area contributed by atoms with E-state index in [1.54, 1.807) is 6.08 Å². The summed E-state index contributed by atoms with van der Waals surface area (Å²) in [6.45, 7) is 6.85. The molecule has 0 radical (unpaired) electrons. The molecule has 2 rings (SSSR count). The molecule has 1 atom stereocenters. The van der Waals surface area contributed by atoms with E-state index in [9.17, 15) is 5.53 Å². The molecule has 0 amide bonds. The zero-order valence-electron chi connectivity index (χ0n) is 14.2. The SMILES string of the molecule is CCOC1=CC(=[N+]=[N-])C(OCC)C(S)=C1c1ccc(C)cc1.Cl.[Zn]. The molecule has 0 aliphatic heterocycles. The van der Waals surface area contributed by atoms with Gasteiger partial charge in [-0.05, 0) is 26.3 Å². The second kappa shape index (κ2) is 10.9. The summed E-state index contributed by atoms with van der Waals surface area (Å²) in [6.07, 6.45) is 1.22. The maximum absolute atomic E-state index is 9.24. The molecule has 4 nitrogen and oxygen atoms in total. The van der Waals surface area contributed by atoms with E-state index in [1.807, 2.05) is 45.0 Å². The summed E-state index contributed by atoms with van der Waals surface area (Å²) >= 11 is 4.63. The van der Waals surface area contributed by atoms with E-state index in [-0.39, 0.29) is 31.9 Å². The topological polar surface area (TPSA) is 54.9 Å². The first-order chi connectivity index (χ1) is 10.6. The summed E-state index contributed by atoms with van der Waals surface area (Å²) in [7, 11) is 0. The van der Waals surface area contributed by atoms with E-state index in [1.165, 1.54) is 5.56 Å². The van der Waals surface area contributed by atoms with E-state index >= 15 is 0 Å². The van der Waals surface area contributed by atoms with Gasteiger partial charge in [-0.25, -0.2) is 0 Å². The normalized spacial score (nSPS) is 16.6. The molecule has 7 heteroatoms.